The van der Waals surface area contributed by atoms with E-state index < -0.39 is 41.6 Å². The summed E-state index contributed by atoms with van der Waals surface area (Å²) < 4.78 is 0. The molecule has 12 heteroatoms. The van der Waals surface area contributed by atoms with Crippen molar-refractivity contribution in [1.29, 1.82) is 0 Å². The molecule has 2 heterocycles. The molecule has 4 rings (SSSR count). The maximum Gasteiger partial charge on any atom is 0.260 e. The van der Waals surface area contributed by atoms with Gasteiger partial charge in [0.15, 0.2) is 5.96 Å². The molecule has 3 amide bonds. The Morgan fingerprint density at radius 1 is 1.12 bits per heavy atom. The van der Waals surface area contributed by atoms with Crippen LogP contribution in [0, 0.1) is 5.92 Å². The molecule has 0 saturated carbocycles. The SMILES string of the molecule is CN[C@H](Cc1ccccc1)C(=O)N1CCC[C@H]1C(=O)N[C@@H](CCCN=C(N)N)C(=O)C1=NC(=O)C2C=CC=CC2=N1. The number of carbonyl (C=O) groups excluding carboxylic acids is 4. The summed E-state index contributed by atoms with van der Waals surface area (Å²) in [6.45, 7) is 0.679. The van der Waals surface area contributed by atoms with Crippen molar-refractivity contribution in [2.75, 3.05) is 20.1 Å². The van der Waals surface area contributed by atoms with Gasteiger partial charge < -0.3 is 27.0 Å². The first-order valence-electron chi connectivity index (χ1n) is 13.8. The van der Waals surface area contributed by atoms with Crippen LogP contribution in [-0.4, -0.2) is 84.2 Å². The van der Waals surface area contributed by atoms with E-state index in [0.717, 1.165) is 5.56 Å². The van der Waals surface area contributed by atoms with Crippen molar-refractivity contribution in [2.24, 2.45) is 32.4 Å². The first-order valence-corrected chi connectivity index (χ1v) is 13.8. The molecule has 1 unspecified atom stereocenters. The smallest absolute Gasteiger partial charge is 0.260 e. The highest BCUT2D eigenvalue weighted by molar-refractivity contribution is 6.46. The minimum absolute atomic E-state index is 0.0801. The van der Waals surface area contributed by atoms with Gasteiger partial charge in [-0.2, -0.15) is 4.99 Å². The molecule has 216 valence electrons. The van der Waals surface area contributed by atoms with E-state index in [2.05, 4.69) is 25.6 Å². The quantitative estimate of drug-likeness (QED) is 0.158. The lowest BCUT2D eigenvalue weighted by Gasteiger charge is -2.29. The second-order valence-electron chi connectivity index (χ2n) is 10.1. The van der Waals surface area contributed by atoms with Crippen LogP contribution >= 0.6 is 0 Å². The fourth-order valence-electron chi connectivity index (χ4n) is 5.14. The molecule has 41 heavy (non-hydrogen) atoms. The van der Waals surface area contributed by atoms with Gasteiger partial charge in [-0.25, -0.2) is 4.99 Å². The van der Waals surface area contributed by atoms with Crippen LogP contribution in [0.25, 0.3) is 0 Å². The number of likely N-dealkylation sites (tertiary alicyclic amines) is 1. The number of aliphatic imine (C=N–C) groups is 3. The van der Waals surface area contributed by atoms with Gasteiger partial charge in [-0.1, -0.05) is 48.6 Å². The van der Waals surface area contributed by atoms with Crippen LogP contribution in [-0.2, 0) is 25.6 Å². The van der Waals surface area contributed by atoms with Crippen LogP contribution in [0.1, 0.15) is 31.2 Å². The van der Waals surface area contributed by atoms with Crippen molar-refractivity contribution < 1.29 is 19.2 Å². The topological polar surface area (TPSA) is 185 Å². The van der Waals surface area contributed by atoms with Gasteiger partial charge in [-0.05, 0) is 50.8 Å². The summed E-state index contributed by atoms with van der Waals surface area (Å²) in [7, 11) is 1.72. The molecule has 1 aromatic carbocycles. The van der Waals surface area contributed by atoms with E-state index in [1.165, 1.54) is 0 Å². The first kappa shape index (κ1) is 29.5. The third-order valence-corrected chi connectivity index (χ3v) is 7.28. The average molecular weight is 561 g/mol. The van der Waals surface area contributed by atoms with Crippen molar-refractivity contribution in [3.05, 3.63) is 60.2 Å². The summed E-state index contributed by atoms with van der Waals surface area (Å²) in [5.41, 5.74) is 12.3. The van der Waals surface area contributed by atoms with E-state index in [4.69, 9.17) is 11.5 Å². The molecule has 12 nitrogen and oxygen atoms in total. The number of Topliss-reactive ketones (excluding diaryl/α,β-unsaturated/α-hetero) is 1. The second-order valence-corrected chi connectivity index (χ2v) is 10.1. The minimum atomic E-state index is -1.03. The van der Waals surface area contributed by atoms with Crippen LogP contribution in [0.2, 0.25) is 0 Å². The van der Waals surface area contributed by atoms with E-state index >= 15 is 0 Å². The highest BCUT2D eigenvalue weighted by Crippen LogP contribution is 2.21. The zero-order chi connectivity index (χ0) is 29.4. The van der Waals surface area contributed by atoms with Gasteiger partial charge in [0.25, 0.3) is 5.91 Å². The van der Waals surface area contributed by atoms with Crippen LogP contribution in [0.15, 0.2) is 69.6 Å². The number of ketones is 1. The number of hydrogen-bond donors (Lipinski definition) is 4. The summed E-state index contributed by atoms with van der Waals surface area (Å²) in [6, 6.07) is 7.37. The highest BCUT2D eigenvalue weighted by atomic mass is 16.2. The number of allylic oxidation sites excluding steroid dienone is 3. The third-order valence-electron chi connectivity index (χ3n) is 7.28. The number of likely N-dealkylation sites (N-methyl/N-ethyl adjacent to an activating group) is 1. The lowest BCUT2D eigenvalue weighted by molar-refractivity contribution is -0.140. The standard InChI is InChI=1S/C29H36N8O4/c1-32-22(17-18-9-3-2-4-10-18)28(41)37-16-8-14-23(37)27(40)35-21(13-7-15-33-29(30)31)24(38)25-34-20-12-6-5-11-19(20)26(39)36-25/h2-6,9-12,19,21-23,32H,7-8,13-17H2,1H3,(H,35,40)(H4,30,31,33)/t19?,21-,22+,23-/m0/s1. The van der Waals surface area contributed by atoms with Crippen molar-refractivity contribution in [2.45, 2.75) is 50.2 Å². The van der Waals surface area contributed by atoms with Gasteiger partial charge in [0.2, 0.25) is 23.4 Å². The van der Waals surface area contributed by atoms with Gasteiger partial charge in [-0.15, -0.1) is 0 Å². The number of guanidine groups is 1. The van der Waals surface area contributed by atoms with E-state index in [-0.39, 0.29) is 30.7 Å². The van der Waals surface area contributed by atoms with Gasteiger partial charge in [-0.3, -0.25) is 24.2 Å². The summed E-state index contributed by atoms with van der Waals surface area (Å²) in [5, 5.41) is 5.89. The number of amides is 3. The second kappa shape index (κ2) is 13.8. The Balaban J connectivity index is 1.49. The highest BCUT2D eigenvalue weighted by Gasteiger charge is 2.39. The van der Waals surface area contributed by atoms with Gasteiger partial charge in [0.1, 0.15) is 12.0 Å². The lowest BCUT2D eigenvalue weighted by Crippen LogP contribution is -2.55. The molecule has 0 radical (unpaired) electrons. The van der Waals surface area contributed by atoms with Crippen molar-refractivity contribution in [3.8, 4) is 0 Å². The van der Waals surface area contributed by atoms with Gasteiger partial charge in [0, 0.05) is 13.1 Å². The third kappa shape index (κ3) is 7.40. The van der Waals surface area contributed by atoms with Crippen molar-refractivity contribution in [3.63, 3.8) is 0 Å². The Kier molecular flexibility index (Phi) is 9.91. The Labute approximate surface area is 238 Å². The summed E-state index contributed by atoms with van der Waals surface area (Å²) in [6.07, 6.45) is 8.95. The Hall–Kier alpha value is -4.45. The molecule has 1 saturated heterocycles. The fourth-order valence-corrected chi connectivity index (χ4v) is 5.14. The molecule has 6 N–H and O–H groups in total. The number of benzene rings is 1. The number of amidine groups is 1. The Bertz CT molecular complexity index is 1310. The zero-order valence-corrected chi connectivity index (χ0v) is 23.0. The summed E-state index contributed by atoms with van der Waals surface area (Å²) >= 11 is 0. The van der Waals surface area contributed by atoms with Gasteiger partial charge in [0.05, 0.1) is 17.8 Å². The van der Waals surface area contributed by atoms with Crippen molar-refractivity contribution in [1.82, 2.24) is 15.5 Å². The molecule has 0 aromatic heterocycles. The normalized spacial score (nSPS) is 20.9. The van der Waals surface area contributed by atoms with Crippen LogP contribution < -0.4 is 22.1 Å². The lowest BCUT2D eigenvalue weighted by atomic mass is 9.95. The monoisotopic (exact) mass is 560 g/mol. The predicted octanol–water partition coefficient (Wildman–Crippen LogP) is 0.0375. The number of nitrogens with two attached hydrogens (primary N) is 2. The molecule has 0 spiro atoms. The zero-order valence-electron chi connectivity index (χ0n) is 23.0. The molecule has 1 aliphatic carbocycles. The number of rotatable bonds is 12. The van der Waals surface area contributed by atoms with Crippen molar-refractivity contribution >= 4 is 41.0 Å². The number of carbonyl (C=O) groups is 4. The summed E-state index contributed by atoms with van der Waals surface area (Å²) in [4.78, 5) is 67.0. The van der Waals surface area contributed by atoms with E-state index in [1.54, 1.807) is 36.3 Å². The first-order chi connectivity index (χ1) is 19.8. The number of nitrogens with zero attached hydrogens (tertiary/aromatic N) is 4. The molecule has 3 aliphatic rings. The fraction of sp³-hybridized carbons (Fsp3) is 0.414. The van der Waals surface area contributed by atoms with Crippen LogP contribution in [0.5, 0.6) is 0 Å². The molecule has 2 aliphatic heterocycles. The Morgan fingerprint density at radius 2 is 1.90 bits per heavy atom. The molecule has 4 atom stereocenters. The van der Waals surface area contributed by atoms with E-state index in [9.17, 15) is 19.2 Å². The van der Waals surface area contributed by atoms with Crippen LogP contribution in [0.4, 0.5) is 0 Å². The average Bonchev–Trinajstić information content (AvgIpc) is 3.47. The number of nitrogens with one attached hydrogen (secondary N) is 2. The number of fused-ring (bicyclic) bond motifs is 1. The molecule has 1 aromatic rings. The maximum absolute atomic E-state index is 13.6. The predicted molar refractivity (Wildman–Crippen MR) is 156 cm³/mol. The Morgan fingerprint density at radius 3 is 2.63 bits per heavy atom. The van der Waals surface area contributed by atoms with E-state index in [0.29, 0.717) is 37.9 Å². The minimum Gasteiger partial charge on any atom is -0.370 e. The number of hydrogen-bond acceptors (Lipinski definition) is 7. The molecular formula is C29H36N8O4. The van der Waals surface area contributed by atoms with Gasteiger partial charge >= 0.3 is 0 Å². The van der Waals surface area contributed by atoms with Crippen LogP contribution in [0.3, 0.4) is 0 Å². The molecule has 0 bridgehead atoms. The molecule has 1 fully saturated rings. The molecular weight excluding hydrogens is 524 g/mol. The van der Waals surface area contributed by atoms with E-state index in [1.807, 2.05) is 30.3 Å². The summed E-state index contributed by atoms with van der Waals surface area (Å²) in [5.74, 6) is -2.66. The maximum atomic E-state index is 13.6. The largest absolute Gasteiger partial charge is 0.370 e.